The molecule has 0 aromatic rings. The fourth-order valence-electron chi connectivity index (χ4n) is 0.442. The second-order valence-electron chi connectivity index (χ2n) is 1.70. The number of carbonyl (C=O) groups is 2. The third-order valence-electron chi connectivity index (χ3n) is 0.848. The van der Waals surface area contributed by atoms with Crippen LogP contribution in [0, 0.1) is 0 Å². The molecule has 0 aliphatic heterocycles. The molecule has 0 atom stereocenters. The summed E-state index contributed by atoms with van der Waals surface area (Å²) in [5.41, 5.74) is 0. The topological polar surface area (TPSA) is 83.8 Å². The lowest BCUT2D eigenvalue weighted by atomic mass is 10.3. The van der Waals surface area contributed by atoms with Gasteiger partial charge < -0.3 is 14.9 Å². The monoisotopic (exact) mass is 178 g/mol. The SMILES string of the molecule is CCOC(=O)CCC(=O)O.CO. The highest BCUT2D eigenvalue weighted by molar-refractivity contribution is 5.76. The van der Waals surface area contributed by atoms with Gasteiger partial charge >= 0.3 is 11.9 Å². The van der Waals surface area contributed by atoms with E-state index in [0.29, 0.717) is 6.61 Å². The minimum absolute atomic E-state index is 0.0385. The molecular formula is C7H14O5. The van der Waals surface area contributed by atoms with E-state index in [2.05, 4.69) is 4.74 Å². The molecule has 0 saturated carbocycles. The average molecular weight is 178 g/mol. The number of hydrogen-bond acceptors (Lipinski definition) is 4. The van der Waals surface area contributed by atoms with Crippen molar-refractivity contribution in [1.29, 1.82) is 0 Å². The molecule has 0 aliphatic carbocycles. The van der Waals surface area contributed by atoms with Gasteiger partial charge in [-0.2, -0.15) is 0 Å². The standard InChI is InChI=1S/C6H10O4.CH4O/c1-2-10-6(9)4-3-5(7)8;1-2/h2-4H2,1H3,(H,7,8);2H,1H3. The molecule has 12 heavy (non-hydrogen) atoms. The number of carbonyl (C=O) groups excluding carboxylic acids is 1. The minimum atomic E-state index is -0.979. The van der Waals surface area contributed by atoms with Gasteiger partial charge in [-0.05, 0) is 6.92 Å². The van der Waals surface area contributed by atoms with E-state index in [-0.39, 0.29) is 12.8 Å². The molecule has 0 rings (SSSR count). The molecule has 0 bridgehead atoms. The van der Waals surface area contributed by atoms with Crippen molar-refractivity contribution in [3.63, 3.8) is 0 Å². The van der Waals surface area contributed by atoms with Crippen LogP contribution >= 0.6 is 0 Å². The molecular weight excluding hydrogens is 164 g/mol. The number of aliphatic hydroxyl groups is 1. The molecule has 2 N–H and O–H groups in total. The molecule has 5 heteroatoms. The quantitative estimate of drug-likeness (QED) is 0.593. The van der Waals surface area contributed by atoms with Gasteiger partial charge in [-0.3, -0.25) is 9.59 Å². The van der Waals surface area contributed by atoms with Gasteiger partial charge in [-0.1, -0.05) is 0 Å². The number of carboxylic acid groups (broad SMARTS) is 1. The van der Waals surface area contributed by atoms with Gasteiger partial charge in [0.25, 0.3) is 0 Å². The van der Waals surface area contributed by atoms with Crippen molar-refractivity contribution >= 4 is 11.9 Å². The summed E-state index contributed by atoms with van der Waals surface area (Å²) in [5, 5.41) is 15.1. The van der Waals surface area contributed by atoms with Gasteiger partial charge in [0.2, 0.25) is 0 Å². The summed E-state index contributed by atoms with van der Waals surface area (Å²) in [7, 11) is 1.00. The summed E-state index contributed by atoms with van der Waals surface area (Å²) >= 11 is 0. The highest BCUT2D eigenvalue weighted by atomic mass is 16.5. The van der Waals surface area contributed by atoms with Crippen molar-refractivity contribution in [3.05, 3.63) is 0 Å². The molecule has 0 aromatic heterocycles. The van der Waals surface area contributed by atoms with Crippen LogP contribution in [0.4, 0.5) is 0 Å². The van der Waals surface area contributed by atoms with E-state index in [1.165, 1.54) is 0 Å². The summed E-state index contributed by atoms with van der Waals surface area (Å²) < 4.78 is 4.49. The van der Waals surface area contributed by atoms with E-state index in [4.69, 9.17) is 10.2 Å². The Morgan fingerprint density at radius 1 is 1.25 bits per heavy atom. The molecule has 0 unspecified atom stereocenters. The molecule has 0 aliphatic rings. The summed E-state index contributed by atoms with van der Waals surface area (Å²) in [5.74, 6) is -1.43. The number of hydrogen-bond donors (Lipinski definition) is 2. The van der Waals surface area contributed by atoms with Crippen molar-refractivity contribution in [3.8, 4) is 0 Å². The van der Waals surface area contributed by atoms with Gasteiger partial charge in [-0.25, -0.2) is 0 Å². The van der Waals surface area contributed by atoms with Crippen molar-refractivity contribution in [2.45, 2.75) is 19.8 Å². The van der Waals surface area contributed by atoms with Crippen LogP contribution in [0.1, 0.15) is 19.8 Å². The second kappa shape index (κ2) is 9.90. The normalized spacial score (nSPS) is 7.92. The average Bonchev–Trinajstić information content (AvgIpc) is 2.05. The minimum Gasteiger partial charge on any atom is -0.481 e. The predicted molar refractivity (Wildman–Crippen MR) is 41.6 cm³/mol. The predicted octanol–water partition coefficient (Wildman–Crippen LogP) is 0.0228. The van der Waals surface area contributed by atoms with Crippen LogP contribution in [0.5, 0.6) is 0 Å². The molecule has 0 fully saturated rings. The van der Waals surface area contributed by atoms with Crippen molar-refractivity contribution in [2.24, 2.45) is 0 Å². The van der Waals surface area contributed by atoms with Crippen LogP contribution in [0.25, 0.3) is 0 Å². The summed E-state index contributed by atoms with van der Waals surface area (Å²) in [6.07, 6.45) is -0.192. The number of ether oxygens (including phenoxy) is 1. The van der Waals surface area contributed by atoms with Crippen LogP contribution in [0.2, 0.25) is 0 Å². The van der Waals surface area contributed by atoms with Crippen LogP contribution in [-0.2, 0) is 14.3 Å². The number of aliphatic carboxylic acids is 1. The Balaban J connectivity index is 0. The molecule has 72 valence electrons. The second-order valence-corrected chi connectivity index (χ2v) is 1.70. The van der Waals surface area contributed by atoms with Crippen LogP contribution in [0.3, 0.4) is 0 Å². The third-order valence-corrected chi connectivity index (χ3v) is 0.848. The lowest BCUT2D eigenvalue weighted by Gasteiger charge is -1.97. The van der Waals surface area contributed by atoms with Gasteiger partial charge in [-0.15, -0.1) is 0 Å². The molecule has 0 spiro atoms. The number of aliphatic hydroxyl groups excluding tert-OH is 1. The highest BCUT2D eigenvalue weighted by Crippen LogP contribution is 1.91. The van der Waals surface area contributed by atoms with E-state index >= 15 is 0 Å². The summed E-state index contributed by atoms with van der Waals surface area (Å²) in [4.78, 5) is 20.4. The molecule has 0 aromatic carbocycles. The molecule has 0 radical (unpaired) electrons. The Kier molecular flexibility index (Phi) is 11.1. The van der Waals surface area contributed by atoms with E-state index < -0.39 is 11.9 Å². The van der Waals surface area contributed by atoms with E-state index in [0.717, 1.165) is 7.11 Å². The van der Waals surface area contributed by atoms with Crippen LogP contribution in [0.15, 0.2) is 0 Å². The van der Waals surface area contributed by atoms with Crippen LogP contribution in [-0.4, -0.2) is 35.9 Å². The van der Waals surface area contributed by atoms with Gasteiger partial charge in [0.05, 0.1) is 19.4 Å². The smallest absolute Gasteiger partial charge is 0.306 e. The molecule has 5 nitrogen and oxygen atoms in total. The molecule has 0 saturated heterocycles. The van der Waals surface area contributed by atoms with E-state index in [9.17, 15) is 9.59 Å². The zero-order chi connectivity index (χ0) is 9.98. The maximum atomic E-state index is 10.5. The fourth-order valence-corrected chi connectivity index (χ4v) is 0.442. The van der Waals surface area contributed by atoms with Gasteiger partial charge in [0, 0.05) is 7.11 Å². The summed E-state index contributed by atoms with van der Waals surface area (Å²) in [6.45, 7) is 1.98. The first-order chi connectivity index (χ1) is 5.66. The Labute approximate surface area is 71.0 Å². The molecule has 0 amide bonds. The first kappa shape index (κ1) is 13.5. The van der Waals surface area contributed by atoms with Crippen molar-refractivity contribution in [1.82, 2.24) is 0 Å². The number of carboxylic acids is 1. The van der Waals surface area contributed by atoms with E-state index in [1.54, 1.807) is 6.92 Å². The van der Waals surface area contributed by atoms with Crippen molar-refractivity contribution in [2.75, 3.05) is 13.7 Å². The highest BCUT2D eigenvalue weighted by Gasteiger charge is 2.04. The zero-order valence-corrected chi connectivity index (χ0v) is 7.24. The first-order valence-electron chi connectivity index (χ1n) is 3.49. The van der Waals surface area contributed by atoms with Crippen LogP contribution < -0.4 is 0 Å². The largest absolute Gasteiger partial charge is 0.481 e. The van der Waals surface area contributed by atoms with Gasteiger partial charge in [0.1, 0.15) is 0 Å². The zero-order valence-electron chi connectivity index (χ0n) is 7.24. The first-order valence-corrected chi connectivity index (χ1v) is 3.49. The summed E-state index contributed by atoms with van der Waals surface area (Å²) in [6, 6.07) is 0. The lowest BCUT2D eigenvalue weighted by Crippen LogP contribution is -2.06. The Hall–Kier alpha value is -1.10. The lowest BCUT2D eigenvalue weighted by molar-refractivity contribution is -0.147. The number of rotatable bonds is 4. The fraction of sp³-hybridized carbons (Fsp3) is 0.714. The third kappa shape index (κ3) is 11.7. The Morgan fingerprint density at radius 3 is 2.08 bits per heavy atom. The maximum Gasteiger partial charge on any atom is 0.306 e. The Bertz CT molecular complexity index is 132. The van der Waals surface area contributed by atoms with E-state index in [1.807, 2.05) is 0 Å². The van der Waals surface area contributed by atoms with Crippen molar-refractivity contribution < 1.29 is 24.5 Å². The Morgan fingerprint density at radius 2 is 1.75 bits per heavy atom. The maximum absolute atomic E-state index is 10.5. The van der Waals surface area contributed by atoms with Gasteiger partial charge in [0.15, 0.2) is 0 Å². The molecule has 0 heterocycles. The number of esters is 1.